The van der Waals surface area contributed by atoms with Crippen LogP contribution >= 0.6 is 0 Å². The Morgan fingerprint density at radius 1 is 1.40 bits per heavy atom. The number of carbonyl (C=O) groups is 1. The third kappa shape index (κ3) is 3.54. The number of rotatable bonds is 5. The van der Waals surface area contributed by atoms with E-state index in [9.17, 15) is 4.79 Å². The van der Waals surface area contributed by atoms with Crippen LogP contribution in [0.3, 0.4) is 0 Å². The van der Waals surface area contributed by atoms with Crippen molar-refractivity contribution < 1.29 is 9.53 Å². The molecule has 1 unspecified atom stereocenters. The zero-order valence-corrected chi connectivity index (χ0v) is 14.3. The molecule has 1 aromatic heterocycles. The zero-order valence-electron chi connectivity index (χ0n) is 14.3. The first-order chi connectivity index (χ1) is 12.2. The molecule has 1 amide bonds. The van der Waals surface area contributed by atoms with E-state index in [0.717, 1.165) is 63.4 Å². The Bertz CT molecular complexity index is 771. The summed E-state index contributed by atoms with van der Waals surface area (Å²) in [5, 5.41) is 7.00. The van der Waals surface area contributed by atoms with E-state index < -0.39 is 5.91 Å². The monoisotopic (exact) mass is 340 g/mol. The molecule has 0 spiro atoms. The molecule has 132 valence electrons. The highest BCUT2D eigenvalue weighted by molar-refractivity contribution is 5.90. The lowest BCUT2D eigenvalue weighted by Crippen LogP contribution is -2.35. The molecule has 25 heavy (non-hydrogen) atoms. The van der Waals surface area contributed by atoms with Crippen molar-refractivity contribution in [2.24, 2.45) is 5.73 Å². The van der Waals surface area contributed by atoms with E-state index in [1.54, 1.807) is 6.07 Å². The third-order valence-electron chi connectivity index (χ3n) is 5.27. The molecule has 4 rings (SSSR count). The molecule has 3 heterocycles. The van der Waals surface area contributed by atoms with Crippen molar-refractivity contribution in [1.82, 2.24) is 15.1 Å². The number of carbonyl (C=O) groups excluding carboxylic acids is 1. The van der Waals surface area contributed by atoms with Gasteiger partial charge in [-0.2, -0.15) is 5.10 Å². The summed E-state index contributed by atoms with van der Waals surface area (Å²) in [6.45, 7) is 3.98. The molecule has 2 aromatic rings. The van der Waals surface area contributed by atoms with Gasteiger partial charge in [-0.1, -0.05) is 12.1 Å². The number of piperidine rings is 1. The van der Waals surface area contributed by atoms with E-state index in [2.05, 4.69) is 33.3 Å². The van der Waals surface area contributed by atoms with Crippen molar-refractivity contribution in [3.63, 3.8) is 0 Å². The van der Waals surface area contributed by atoms with E-state index in [4.69, 9.17) is 10.5 Å². The number of ether oxygens (including phenoxy) is 1. The van der Waals surface area contributed by atoms with Crippen LogP contribution in [0.15, 0.2) is 24.3 Å². The molecule has 6 heteroatoms. The highest BCUT2D eigenvalue weighted by atomic mass is 16.5. The van der Waals surface area contributed by atoms with Crippen molar-refractivity contribution >= 4 is 5.91 Å². The zero-order chi connectivity index (χ0) is 17.2. The quantitative estimate of drug-likeness (QED) is 0.870. The fraction of sp³-hybridized carbons (Fsp3) is 0.474. The summed E-state index contributed by atoms with van der Waals surface area (Å²) in [7, 11) is 0. The van der Waals surface area contributed by atoms with Gasteiger partial charge in [-0.25, -0.2) is 0 Å². The molecule has 0 bridgehead atoms. The molecule has 1 fully saturated rings. The largest absolute Gasteiger partial charge is 0.493 e. The van der Waals surface area contributed by atoms with Gasteiger partial charge < -0.3 is 15.4 Å². The summed E-state index contributed by atoms with van der Waals surface area (Å²) in [6, 6.07) is 8.38. The average Bonchev–Trinajstić information content (AvgIpc) is 3.29. The second-order valence-electron chi connectivity index (χ2n) is 7.00. The second-order valence-corrected chi connectivity index (χ2v) is 7.00. The standard InChI is InChI=1S/C19H24N4O2/c20-19(24)17-11-16(21-22-17)15-2-1-7-23(12-15)8-5-13-3-4-18-14(10-13)6-9-25-18/h3-4,10-11,15H,1-2,5-9,12H2,(H2,20,24)(H,21,22). The van der Waals surface area contributed by atoms with Gasteiger partial charge in [0.1, 0.15) is 11.4 Å². The molecule has 1 aromatic carbocycles. The minimum Gasteiger partial charge on any atom is -0.493 e. The van der Waals surface area contributed by atoms with Crippen LogP contribution in [0.1, 0.15) is 46.1 Å². The molecule has 6 nitrogen and oxygen atoms in total. The van der Waals surface area contributed by atoms with Crippen molar-refractivity contribution in [1.29, 1.82) is 0 Å². The van der Waals surface area contributed by atoms with Gasteiger partial charge in [-0.05, 0) is 49.1 Å². The van der Waals surface area contributed by atoms with Gasteiger partial charge >= 0.3 is 0 Å². The van der Waals surface area contributed by atoms with Gasteiger partial charge in [0.15, 0.2) is 0 Å². The number of hydrogen-bond acceptors (Lipinski definition) is 4. The normalized spacial score (nSPS) is 20.2. The maximum Gasteiger partial charge on any atom is 0.269 e. The first-order valence-corrected chi connectivity index (χ1v) is 9.01. The van der Waals surface area contributed by atoms with Crippen LogP contribution < -0.4 is 10.5 Å². The number of likely N-dealkylation sites (tertiary alicyclic amines) is 1. The number of amides is 1. The second kappa shape index (κ2) is 6.88. The lowest BCUT2D eigenvalue weighted by Gasteiger charge is -2.32. The molecular weight excluding hydrogens is 316 g/mol. The fourth-order valence-corrected chi connectivity index (χ4v) is 3.87. The maximum absolute atomic E-state index is 11.2. The van der Waals surface area contributed by atoms with E-state index >= 15 is 0 Å². The average molecular weight is 340 g/mol. The van der Waals surface area contributed by atoms with Crippen LogP contribution in [0, 0.1) is 0 Å². The van der Waals surface area contributed by atoms with Crippen LogP contribution in [0.25, 0.3) is 0 Å². The van der Waals surface area contributed by atoms with E-state index in [1.807, 2.05) is 0 Å². The number of benzene rings is 1. The first-order valence-electron chi connectivity index (χ1n) is 9.01. The van der Waals surface area contributed by atoms with Crippen molar-refractivity contribution in [2.75, 3.05) is 26.2 Å². The minimum atomic E-state index is -0.476. The smallest absolute Gasteiger partial charge is 0.269 e. The van der Waals surface area contributed by atoms with Gasteiger partial charge in [0.05, 0.1) is 6.61 Å². The molecule has 0 aliphatic carbocycles. The summed E-state index contributed by atoms with van der Waals surface area (Å²) in [5.41, 5.74) is 9.36. The van der Waals surface area contributed by atoms with Gasteiger partial charge in [-0.3, -0.25) is 9.89 Å². The summed E-state index contributed by atoms with van der Waals surface area (Å²) < 4.78 is 5.58. The topological polar surface area (TPSA) is 84.2 Å². The molecule has 1 saturated heterocycles. The Morgan fingerprint density at radius 3 is 3.16 bits per heavy atom. The van der Waals surface area contributed by atoms with Crippen molar-refractivity contribution in [3.05, 3.63) is 46.8 Å². The van der Waals surface area contributed by atoms with E-state index in [-0.39, 0.29) is 0 Å². The van der Waals surface area contributed by atoms with Crippen LogP contribution in [0.4, 0.5) is 0 Å². The Balaban J connectivity index is 1.35. The van der Waals surface area contributed by atoms with Crippen LogP contribution in [-0.2, 0) is 12.8 Å². The van der Waals surface area contributed by atoms with Gasteiger partial charge in [0, 0.05) is 31.1 Å². The lowest BCUT2D eigenvalue weighted by molar-refractivity contribution is 0.0995. The van der Waals surface area contributed by atoms with Crippen LogP contribution in [0.2, 0.25) is 0 Å². The molecule has 2 aliphatic rings. The first kappa shape index (κ1) is 16.1. The molecule has 2 aliphatic heterocycles. The van der Waals surface area contributed by atoms with Gasteiger partial charge in [0.2, 0.25) is 0 Å². The van der Waals surface area contributed by atoms with Crippen LogP contribution in [0.5, 0.6) is 5.75 Å². The lowest BCUT2D eigenvalue weighted by atomic mass is 9.94. The Kier molecular flexibility index (Phi) is 4.44. The maximum atomic E-state index is 11.2. The molecule has 3 N–H and O–H groups in total. The summed E-state index contributed by atoms with van der Waals surface area (Å²) in [6.07, 6.45) is 4.35. The van der Waals surface area contributed by atoms with Crippen molar-refractivity contribution in [3.8, 4) is 5.75 Å². The Hall–Kier alpha value is -2.34. The SMILES string of the molecule is NC(=O)c1cc(C2CCCN(CCc3ccc4c(c3)CCO4)C2)[nH]n1. The van der Waals surface area contributed by atoms with Gasteiger partial charge in [-0.15, -0.1) is 0 Å². The highest BCUT2D eigenvalue weighted by Gasteiger charge is 2.23. The van der Waals surface area contributed by atoms with Gasteiger partial charge in [0.25, 0.3) is 5.91 Å². The Labute approximate surface area is 147 Å². The number of nitrogens with two attached hydrogens (primary N) is 1. The summed E-state index contributed by atoms with van der Waals surface area (Å²) >= 11 is 0. The predicted molar refractivity (Wildman–Crippen MR) is 94.9 cm³/mol. The highest BCUT2D eigenvalue weighted by Crippen LogP contribution is 2.28. The summed E-state index contributed by atoms with van der Waals surface area (Å²) in [4.78, 5) is 13.7. The number of H-pyrrole nitrogens is 1. The number of nitrogens with one attached hydrogen (secondary N) is 1. The summed E-state index contributed by atoms with van der Waals surface area (Å²) in [5.74, 6) is 0.963. The van der Waals surface area contributed by atoms with E-state index in [1.165, 1.54) is 11.1 Å². The number of primary amides is 1. The number of aromatic nitrogens is 2. The molecule has 0 saturated carbocycles. The number of hydrogen-bond donors (Lipinski definition) is 2. The minimum absolute atomic E-state index is 0.326. The number of nitrogens with zero attached hydrogens (tertiary/aromatic N) is 2. The molecule has 1 atom stereocenters. The molecular formula is C19H24N4O2. The van der Waals surface area contributed by atoms with E-state index in [0.29, 0.717) is 11.6 Å². The fourth-order valence-electron chi connectivity index (χ4n) is 3.87. The predicted octanol–water partition coefficient (Wildman–Crippen LogP) is 1.87. The third-order valence-corrected chi connectivity index (χ3v) is 5.27. The Morgan fingerprint density at radius 2 is 2.32 bits per heavy atom. The van der Waals surface area contributed by atoms with Crippen molar-refractivity contribution in [2.45, 2.75) is 31.6 Å². The molecule has 0 radical (unpaired) electrons. The van der Waals surface area contributed by atoms with Crippen LogP contribution in [-0.4, -0.2) is 47.2 Å². The number of aromatic amines is 1. The number of fused-ring (bicyclic) bond motifs is 1.